The molecule has 0 unspecified atom stereocenters. The van der Waals surface area contributed by atoms with Gasteiger partial charge in [-0.15, -0.1) is 0 Å². The average molecular weight is 378 g/mol. The van der Waals surface area contributed by atoms with E-state index in [2.05, 4.69) is 6.92 Å². The molecule has 0 saturated heterocycles. The second-order valence-corrected chi connectivity index (χ2v) is 7.76. The molecule has 2 aromatic rings. The van der Waals surface area contributed by atoms with E-state index in [1.54, 1.807) is 24.3 Å². The summed E-state index contributed by atoms with van der Waals surface area (Å²) in [6.07, 6.45) is 7.68. The van der Waals surface area contributed by atoms with Gasteiger partial charge in [0.1, 0.15) is 22.1 Å². The Hall–Kier alpha value is -2.05. The molecule has 0 heterocycles. The molecule has 0 aliphatic carbocycles. The number of phenolic OH excluding ortho intramolecular Hbond substituents is 1. The van der Waals surface area contributed by atoms with E-state index >= 15 is 0 Å². The predicted octanol–water partition coefficient (Wildman–Crippen LogP) is 5.33. The Morgan fingerprint density at radius 2 is 1.69 bits per heavy atom. The second kappa shape index (κ2) is 9.59. The molecule has 2 rings (SSSR count). The minimum Gasteiger partial charge on any atom is -0.508 e. The van der Waals surface area contributed by atoms with E-state index in [4.69, 9.17) is 4.74 Å². The SMILES string of the molecule is CCCCCCCCc1ccc(Oc2cccc(O)c2)c(S(=O)(=O)O)c1. The molecule has 0 bridgehead atoms. The number of hydrogen-bond donors (Lipinski definition) is 2. The fourth-order valence-corrected chi connectivity index (χ4v) is 3.44. The Morgan fingerprint density at radius 1 is 0.962 bits per heavy atom. The van der Waals surface area contributed by atoms with Gasteiger partial charge in [0.2, 0.25) is 0 Å². The Labute approximate surface area is 155 Å². The fourth-order valence-electron chi connectivity index (χ4n) is 2.78. The van der Waals surface area contributed by atoms with E-state index in [0.717, 1.165) is 24.8 Å². The van der Waals surface area contributed by atoms with Gasteiger partial charge < -0.3 is 9.84 Å². The maximum Gasteiger partial charge on any atom is 0.298 e. The normalized spacial score (nSPS) is 11.5. The summed E-state index contributed by atoms with van der Waals surface area (Å²) in [5, 5.41) is 9.49. The lowest BCUT2D eigenvalue weighted by molar-refractivity contribution is 0.440. The van der Waals surface area contributed by atoms with Crippen LogP contribution in [0.3, 0.4) is 0 Å². The van der Waals surface area contributed by atoms with E-state index < -0.39 is 10.1 Å². The Kier molecular flexibility index (Phi) is 7.48. The topological polar surface area (TPSA) is 83.8 Å². The molecule has 2 N–H and O–H groups in total. The number of unbranched alkanes of at least 4 members (excludes halogenated alkanes) is 5. The molecule has 26 heavy (non-hydrogen) atoms. The molecular weight excluding hydrogens is 352 g/mol. The van der Waals surface area contributed by atoms with Crippen LogP contribution in [0.5, 0.6) is 17.2 Å². The van der Waals surface area contributed by atoms with E-state index in [1.807, 2.05) is 0 Å². The summed E-state index contributed by atoms with van der Waals surface area (Å²) in [5.74, 6) is 0.332. The molecule has 5 nitrogen and oxygen atoms in total. The van der Waals surface area contributed by atoms with Gasteiger partial charge in [0.05, 0.1) is 0 Å². The van der Waals surface area contributed by atoms with Crippen molar-refractivity contribution in [3.05, 3.63) is 48.0 Å². The van der Waals surface area contributed by atoms with Gasteiger partial charge in [0.25, 0.3) is 10.1 Å². The number of aryl methyl sites for hydroxylation is 1. The highest BCUT2D eigenvalue weighted by Crippen LogP contribution is 2.31. The van der Waals surface area contributed by atoms with E-state index in [9.17, 15) is 18.1 Å². The van der Waals surface area contributed by atoms with Crippen LogP contribution in [-0.2, 0) is 16.5 Å². The molecule has 0 spiro atoms. The van der Waals surface area contributed by atoms with Crippen molar-refractivity contribution in [1.82, 2.24) is 0 Å². The lowest BCUT2D eigenvalue weighted by atomic mass is 10.0. The van der Waals surface area contributed by atoms with Crippen LogP contribution in [-0.4, -0.2) is 18.1 Å². The highest BCUT2D eigenvalue weighted by molar-refractivity contribution is 7.86. The highest BCUT2D eigenvalue weighted by atomic mass is 32.2. The maximum atomic E-state index is 11.7. The van der Waals surface area contributed by atoms with Gasteiger partial charge in [-0.3, -0.25) is 4.55 Å². The number of benzene rings is 2. The first-order valence-electron chi connectivity index (χ1n) is 8.97. The van der Waals surface area contributed by atoms with E-state index in [1.165, 1.54) is 43.9 Å². The molecule has 0 fully saturated rings. The molecular formula is C20H26O5S. The number of rotatable bonds is 10. The molecule has 0 aliphatic heterocycles. The van der Waals surface area contributed by atoms with Crippen LogP contribution in [0.2, 0.25) is 0 Å². The van der Waals surface area contributed by atoms with Gasteiger partial charge >= 0.3 is 0 Å². The fraction of sp³-hybridized carbons (Fsp3) is 0.400. The van der Waals surface area contributed by atoms with Crippen molar-refractivity contribution in [1.29, 1.82) is 0 Å². The van der Waals surface area contributed by atoms with Crippen molar-refractivity contribution < 1.29 is 22.8 Å². The molecule has 0 atom stereocenters. The standard InChI is InChI=1S/C20H26O5S/c1-2-3-4-5-6-7-9-16-12-13-19(20(14-16)26(22,23)24)25-18-11-8-10-17(21)15-18/h8,10-15,21H,2-7,9H2,1H3,(H,22,23,24). The number of phenols is 1. The number of hydrogen-bond acceptors (Lipinski definition) is 4. The zero-order chi connectivity index (χ0) is 19.0. The molecule has 0 saturated carbocycles. The summed E-state index contributed by atoms with van der Waals surface area (Å²) in [5.41, 5.74) is 0.844. The third-order valence-corrected chi connectivity index (χ3v) is 5.03. The average Bonchev–Trinajstić information content (AvgIpc) is 2.58. The third-order valence-electron chi connectivity index (χ3n) is 4.15. The van der Waals surface area contributed by atoms with Crippen LogP contribution >= 0.6 is 0 Å². The predicted molar refractivity (Wildman–Crippen MR) is 102 cm³/mol. The van der Waals surface area contributed by atoms with Crippen LogP contribution in [0.15, 0.2) is 47.4 Å². The van der Waals surface area contributed by atoms with Gasteiger partial charge in [0, 0.05) is 6.07 Å². The highest BCUT2D eigenvalue weighted by Gasteiger charge is 2.18. The van der Waals surface area contributed by atoms with Crippen molar-refractivity contribution >= 4 is 10.1 Å². The summed E-state index contributed by atoms with van der Waals surface area (Å²) < 4.78 is 38.6. The molecule has 0 radical (unpaired) electrons. The monoisotopic (exact) mass is 378 g/mol. The van der Waals surface area contributed by atoms with Gasteiger partial charge in [-0.05, 0) is 42.7 Å². The van der Waals surface area contributed by atoms with Gasteiger partial charge in [0.15, 0.2) is 0 Å². The van der Waals surface area contributed by atoms with Gasteiger partial charge in [-0.2, -0.15) is 8.42 Å². The van der Waals surface area contributed by atoms with Crippen molar-refractivity contribution in [2.45, 2.75) is 56.8 Å². The summed E-state index contributed by atoms with van der Waals surface area (Å²) >= 11 is 0. The van der Waals surface area contributed by atoms with Crippen LogP contribution in [0, 0.1) is 0 Å². The molecule has 0 aromatic heterocycles. The minimum absolute atomic E-state index is 0.00981. The van der Waals surface area contributed by atoms with Crippen molar-refractivity contribution in [3.63, 3.8) is 0 Å². The first-order valence-corrected chi connectivity index (χ1v) is 10.4. The van der Waals surface area contributed by atoms with Gasteiger partial charge in [-0.25, -0.2) is 0 Å². The quantitative estimate of drug-likeness (QED) is 0.431. The van der Waals surface area contributed by atoms with Crippen molar-refractivity contribution in [3.8, 4) is 17.2 Å². The minimum atomic E-state index is -4.42. The van der Waals surface area contributed by atoms with E-state index in [-0.39, 0.29) is 16.4 Å². The smallest absolute Gasteiger partial charge is 0.298 e. The van der Waals surface area contributed by atoms with Crippen LogP contribution < -0.4 is 4.74 Å². The molecule has 0 aliphatic rings. The lowest BCUT2D eigenvalue weighted by Crippen LogP contribution is -2.02. The summed E-state index contributed by atoms with van der Waals surface area (Å²) in [6, 6.07) is 10.8. The maximum absolute atomic E-state index is 11.7. The second-order valence-electron chi connectivity index (χ2n) is 6.37. The molecule has 142 valence electrons. The summed E-state index contributed by atoms with van der Waals surface area (Å²) in [4.78, 5) is -0.260. The van der Waals surface area contributed by atoms with E-state index in [0.29, 0.717) is 5.75 Å². The zero-order valence-electron chi connectivity index (χ0n) is 15.0. The zero-order valence-corrected chi connectivity index (χ0v) is 15.8. The Morgan fingerprint density at radius 3 is 2.38 bits per heavy atom. The van der Waals surface area contributed by atoms with Gasteiger partial charge in [-0.1, -0.05) is 51.2 Å². The summed E-state index contributed by atoms with van der Waals surface area (Å²) in [6.45, 7) is 2.18. The molecule has 6 heteroatoms. The third kappa shape index (κ3) is 6.35. The largest absolute Gasteiger partial charge is 0.508 e. The Balaban J connectivity index is 2.10. The van der Waals surface area contributed by atoms with Crippen LogP contribution in [0.25, 0.3) is 0 Å². The lowest BCUT2D eigenvalue weighted by Gasteiger charge is -2.11. The van der Waals surface area contributed by atoms with Crippen molar-refractivity contribution in [2.75, 3.05) is 0 Å². The molecule has 0 amide bonds. The van der Waals surface area contributed by atoms with Crippen LogP contribution in [0.1, 0.15) is 51.0 Å². The van der Waals surface area contributed by atoms with Crippen molar-refractivity contribution in [2.24, 2.45) is 0 Å². The Bertz CT molecular complexity index is 815. The van der Waals surface area contributed by atoms with Crippen LogP contribution in [0.4, 0.5) is 0 Å². The molecule has 2 aromatic carbocycles. The first kappa shape index (κ1) is 20.3. The summed E-state index contributed by atoms with van der Waals surface area (Å²) in [7, 11) is -4.42. The number of ether oxygens (including phenoxy) is 1. The first-order chi connectivity index (χ1) is 12.4. The number of aromatic hydroxyl groups is 1.